The average molecular weight is 385 g/mol. The van der Waals surface area contributed by atoms with Gasteiger partial charge in [-0.2, -0.15) is 0 Å². The Kier molecular flexibility index (Phi) is 5.51. The molecule has 0 unspecified atom stereocenters. The molecule has 1 N–H and O–H groups in total. The summed E-state index contributed by atoms with van der Waals surface area (Å²) in [5, 5.41) is 10.1. The predicted octanol–water partition coefficient (Wildman–Crippen LogP) is 8.08. The molecule has 0 radical (unpaired) electrons. The lowest BCUT2D eigenvalue weighted by atomic mass is 9.47. The second-order valence-corrected chi connectivity index (χ2v) is 11.9. The van der Waals surface area contributed by atoms with Crippen LogP contribution in [0.2, 0.25) is 0 Å². The van der Waals surface area contributed by atoms with E-state index < -0.39 is 0 Å². The van der Waals surface area contributed by atoms with Crippen molar-refractivity contribution >= 4 is 0 Å². The molecular formula is C27H44O. The van der Waals surface area contributed by atoms with Crippen LogP contribution in [0.5, 0.6) is 0 Å². The number of rotatable bonds is 5. The van der Waals surface area contributed by atoms with E-state index in [-0.39, 0.29) is 0 Å². The fraction of sp³-hybridized carbons (Fsp3) is 0.852. The molecule has 0 spiro atoms. The molecule has 2 saturated carbocycles. The van der Waals surface area contributed by atoms with Gasteiger partial charge in [0, 0.05) is 6.42 Å². The van der Waals surface area contributed by atoms with Gasteiger partial charge in [-0.1, -0.05) is 60.0 Å². The lowest BCUT2D eigenvalue weighted by Gasteiger charge is -2.57. The Morgan fingerprint density at radius 3 is 2.57 bits per heavy atom. The van der Waals surface area contributed by atoms with Crippen LogP contribution in [0.15, 0.2) is 23.5 Å². The zero-order valence-electron chi connectivity index (χ0n) is 19.1. The minimum Gasteiger partial charge on any atom is -0.512 e. The van der Waals surface area contributed by atoms with Crippen LogP contribution in [0.4, 0.5) is 0 Å². The Morgan fingerprint density at radius 2 is 1.82 bits per heavy atom. The second kappa shape index (κ2) is 7.51. The van der Waals surface area contributed by atoms with Crippen LogP contribution in [0.25, 0.3) is 0 Å². The first-order valence-electron chi connectivity index (χ1n) is 12.4. The highest BCUT2D eigenvalue weighted by molar-refractivity contribution is 5.35. The van der Waals surface area contributed by atoms with Gasteiger partial charge in [0.05, 0.1) is 5.76 Å². The molecule has 4 rings (SSSR count). The predicted molar refractivity (Wildman–Crippen MR) is 119 cm³/mol. The Labute approximate surface area is 174 Å². The molecule has 0 amide bonds. The molecule has 4 aliphatic rings. The van der Waals surface area contributed by atoms with Gasteiger partial charge in [-0.15, -0.1) is 0 Å². The van der Waals surface area contributed by atoms with E-state index >= 15 is 0 Å². The summed E-state index contributed by atoms with van der Waals surface area (Å²) in [6, 6.07) is 0. The first kappa shape index (κ1) is 20.5. The lowest BCUT2D eigenvalue weighted by Crippen LogP contribution is -2.49. The van der Waals surface area contributed by atoms with Gasteiger partial charge in [-0.3, -0.25) is 0 Å². The summed E-state index contributed by atoms with van der Waals surface area (Å²) in [5.74, 6) is 5.95. The molecule has 28 heavy (non-hydrogen) atoms. The Balaban J connectivity index is 1.51. The van der Waals surface area contributed by atoms with E-state index in [4.69, 9.17) is 0 Å². The third kappa shape index (κ3) is 3.29. The molecule has 1 heteroatoms. The normalized spacial score (nSPS) is 43.6. The molecule has 0 heterocycles. The fourth-order valence-electron chi connectivity index (χ4n) is 8.34. The monoisotopic (exact) mass is 384 g/mol. The second-order valence-electron chi connectivity index (χ2n) is 11.9. The van der Waals surface area contributed by atoms with Crippen molar-refractivity contribution in [1.82, 2.24) is 0 Å². The van der Waals surface area contributed by atoms with E-state index in [9.17, 15) is 5.11 Å². The van der Waals surface area contributed by atoms with Crippen LogP contribution in [0.3, 0.4) is 0 Å². The van der Waals surface area contributed by atoms with Gasteiger partial charge in [0.25, 0.3) is 0 Å². The molecule has 158 valence electrons. The molecule has 1 nitrogen and oxygen atoms in total. The van der Waals surface area contributed by atoms with E-state index in [1.807, 2.05) is 0 Å². The van der Waals surface area contributed by atoms with Gasteiger partial charge < -0.3 is 5.11 Å². The molecule has 2 fully saturated rings. The number of aliphatic hydroxyl groups excluding tert-OH is 1. The summed E-state index contributed by atoms with van der Waals surface area (Å²) in [6.45, 7) is 12.5. The third-order valence-corrected chi connectivity index (χ3v) is 9.95. The van der Waals surface area contributed by atoms with Crippen molar-refractivity contribution in [3.8, 4) is 0 Å². The minimum atomic E-state index is 0.317. The molecule has 4 aliphatic carbocycles. The maximum Gasteiger partial charge on any atom is 0.0925 e. The molecular weight excluding hydrogens is 340 g/mol. The van der Waals surface area contributed by atoms with Crippen molar-refractivity contribution in [1.29, 1.82) is 0 Å². The van der Waals surface area contributed by atoms with Crippen LogP contribution in [-0.4, -0.2) is 5.11 Å². The Morgan fingerprint density at radius 1 is 1.04 bits per heavy atom. The summed E-state index contributed by atoms with van der Waals surface area (Å²) >= 11 is 0. The van der Waals surface area contributed by atoms with Gasteiger partial charge in [0.1, 0.15) is 0 Å². The highest BCUT2D eigenvalue weighted by Crippen LogP contribution is 2.67. The Bertz CT molecular complexity index is 643. The third-order valence-electron chi connectivity index (χ3n) is 9.95. The number of hydrogen-bond acceptors (Lipinski definition) is 1. The molecule has 7 atom stereocenters. The van der Waals surface area contributed by atoms with Crippen molar-refractivity contribution in [2.75, 3.05) is 0 Å². The zero-order chi connectivity index (χ0) is 20.1. The van der Waals surface area contributed by atoms with E-state index in [1.165, 1.54) is 56.9 Å². The molecule has 0 aromatic heterocycles. The van der Waals surface area contributed by atoms with Crippen LogP contribution in [-0.2, 0) is 0 Å². The fourth-order valence-corrected chi connectivity index (χ4v) is 8.34. The van der Waals surface area contributed by atoms with Gasteiger partial charge >= 0.3 is 0 Å². The van der Waals surface area contributed by atoms with Crippen LogP contribution in [0, 0.1) is 46.3 Å². The van der Waals surface area contributed by atoms with Crippen molar-refractivity contribution < 1.29 is 5.11 Å². The topological polar surface area (TPSA) is 20.2 Å². The van der Waals surface area contributed by atoms with E-state index in [1.54, 1.807) is 0 Å². The zero-order valence-corrected chi connectivity index (χ0v) is 19.1. The first-order valence-corrected chi connectivity index (χ1v) is 12.4. The number of allylic oxidation sites excluding steroid dienone is 4. The number of hydrogen-bond donors (Lipinski definition) is 1. The summed E-state index contributed by atoms with van der Waals surface area (Å²) in [5.41, 5.74) is 2.35. The Hall–Kier alpha value is -0.720. The highest BCUT2D eigenvalue weighted by atomic mass is 16.3. The quantitative estimate of drug-likeness (QED) is 0.508. The first-order chi connectivity index (χ1) is 13.3. The standard InChI is InChI=1S/C27H44O/c1-18(2)7-6-8-19(3)23-11-12-24-22-10-9-20-17-21(28)13-15-26(20,4)25(22)14-16-27(23,24)5/h9,17-19,22-25,28H,6-8,10-16H2,1-5H3/t19-,22+,23-,24+,25+,26+,27-/m1/s1. The van der Waals surface area contributed by atoms with Gasteiger partial charge in [-0.05, 0) is 96.5 Å². The summed E-state index contributed by atoms with van der Waals surface area (Å²) in [4.78, 5) is 0. The largest absolute Gasteiger partial charge is 0.512 e. The van der Waals surface area contributed by atoms with E-state index in [2.05, 4.69) is 46.8 Å². The minimum absolute atomic E-state index is 0.317. The number of fused-ring (bicyclic) bond motifs is 5. The molecule has 0 aromatic carbocycles. The van der Waals surface area contributed by atoms with Crippen molar-refractivity contribution in [2.24, 2.45) is 46.3 Å². The van der Waals surface area contributed by atoms with E-state index in [0.717, 1.165) is 48.3 Å². The van der Waals surface area contributed by atoms with E-state index in [0.29, 0.717) is 16.6 Å². The summed E-state index contributed by atoms with van der Waals surface area (Å²) in [7, 11) is 0. The molecule has 0 bridgehead atoms. The lowest BCUT2D eigenvalue weighted by molar-refractivity contribution is -0.0462. The van der Waals surface area contributed by atoms with Gasteiger partial charge in [0.2, 0.25) is 0 Å². The smallest absolute Gasteiger partial charge is 0.0925 e. The number of aliphatic hydroxyl groups is 1. The molecule has 0 aliphatic heterocycles. The summed E-state index contributed by atoms with van der Waals surface area (Å²) < 4.78 is 0. The maximum atomic E-state index is 10.1. The van der Waals surface area contributed by atoms with Gasteiger partial charge in [-0.25, -0.2) is 0 Å². The SMILES string of the molecule is CC(C)CCC[C@@H](C)[C@H]1CC[C@H]2[C@@H]3CC=C4C=C(O)CC[C@]4(C)[C@H]3CC[C@]12C. The highest BCUT2D eigenvalue weighted by Gasteiger charge is 2.58. The van der Waals surface area contributed by atoms with Crippen molar-refractivity contribution in [3.63, 3.8) is 0 Å². The molecule has 0 saturated heterocycles. The van der Waals surface area contributed by atoms with Crippen molar-refractivity contribution in [3.05, 3.63) is 23.5 Å². The average Bonchev–Trinajstić information content (AvgIpc) is 2.99. The molecule has 0 aromatic rings. The summed E-state index contributed by atoms with van der Waals surface area (Å²) in [6.07, 6.45) is 18.0. The van der Waals surface area contributed by atoms with Gasteiger partial charge in [0.15, 0.2) is 0 Å². The van der Waals surface area contributed by atoms with Crippen LogP contribution >= 0.6 is 0 Å². The van der Waals surface area contributed by atoms with Crippen LogP contribution < -0.4 is 0 Å². The van der Waals surface area contributed by atoms with Crippen LogP contribution in [0.1, 0.15) is 98.8 Å². The van der Waals surface area contributed by atoms with Crippen molar-refractivity contribution in [2.45, 2.75) is 98.8 Å². The maximum absolute atomic E-state index is 10.1.